The summed E-state index contributed by atoms with van der Waals surface area (Å²) in [6, 6.07) is 0. The lowest BCUT2D eigenvalue weighted by molar-refractivity contribution is 0.522. The predicted molar refractivity (Wildman–Crippen MR) is 83.1 cm³/mol. The summed E-state index contributed by atoms with van der Waals surface area (Å²) < 4.78 is 2.11. The van der Waals surface area contributed by atoms with Crippen LogP contribution in [0.25, 0.3) is 11.2 Å². The second-order valence-corrected chi connectivity index (χ2v) is 6.25. The highest BCUT2D eigenvalue weighted by molar-refractivity contribution is 6.28. The number of anilines is 1. The van der Waals surface area contributed by atoms with Gasteiger partial charge in [-0.15, -0.1) is 0 Å². The van der Waals surface area contributed by atoms with Crippen molar-refractivity contribution in [3.63, 3.8) is 0 Å². The topological polar surface area (TPSA) is 55.6 Å². The number of aromatic nitrogens is 4. The highest BCUT2D eigenvalue weighted by Crippen LogP contribution is 2.22. The zero-order valence-corrected chi connectivity index (χ0v) is 13.3. The molecule has 2 rings (SSSR count). The fourth-order valence-electron chi connectivity index (χ4n) is 1.94. The Kier molecular flexibility index (Phi) is 4.81. The first-order valence-corrected chi connectivity index (χ1v) is 7.47. The van der Waals surface area contributed by atoms with Crippen molar-refractivity contribution >= 4 is 28.6 Å². The molecule has 0 aliphatic heterocycles. The van der Waals surface area contributed by atoms with Crippen molar-refractivity contribution in [2.24, 2.45) is 11.8 Å². The molecule has 0 amide bonds. The van der Waals surface area contributed by atoms with Crippen LogP contribution in [0, 0.1) is 11.8 Å². The maximum Gasteiger partial charge on any atom is 0.226 e. The fourth-order valence-corrected chi connectivity index (χ4v) is 2.11. The normalized spacial score (nSPS) is 11.8. The molecular weight excluding hydrogens is 274 g/mol. The Hall–Kier alpha value is -1.36. The smallest absolute Gasteiger partial charge is 0.226 e. The highest BCUT2D eigenvalue weighted by atomic mass is 35.5. The molecule has 20 heavy (non-hydrogen) atoms. The Labute approximate surface area is 124 Å². The summed E-state index contributed by atoms with van der Waals surface area (Å²) in [7, 11) is 0. The van der Waals surface area contributed by atoms with Gasteiger partial charge in [-0.3, -0.25) is 0 Å². The molecule has 0 radical (unpaired) electrons. The van der Waals surface area contributed by atoms with Gasteiger partial charge in [0.25, 0.3) is 0 Å². The average Bonchev–Trinajstić information content (AvgIpc) is 2.76. The van der Waals surface area contributed by atoms with Gasteiger partial charge >= 0.3 is 0 Å². The van der Waals surface area contributed by atoms with Crippen molar-refractivity contribution in [3.05, 3.63) is 11.6 Å². The van der Waals surface area contributed by atoms with E-state index >= 15 is 0 Å². The van der Waals surface area contributed by atoms with E-state index in [9.17, 15) is 0 Å². The van der Waals surface area contributed by atoms with Gasteiger partial charge in [-0.1, -0.05) is 27.7 Å². The largest absolute Gasteiger partial charge is 0.368 e. The van der Waals surface area contributed by atoms with Crippen LogP contribution in [0.2, 0.25) is 5.28 Å². The molecule has 0 atom stereocenters. The van der Waals surface area contributed by atoms with E-state index in [4.69, 9.17) is 11.6 Å². The third-order valence-corrected chi connectivity index (χ3v) is 3.24. The predicted octanol–water partition coefficient (Wildman–Crippen LogP) is 3.59. The number of fused-ring (bicyclic) bond motifs is 1. The molecule has 2 heterocycles. The van der Waals surface area contributed by atoms with Crippen molar-refractivity contribution in [3.8, 4) is 0 Å². The Morgan fingerprint density at radius 1 is 1.20 bits per heavy atom. The SMILES string of the molecule is CC(C)CCn1cnc2nc(Cl)nc(NCC(C)C)c21. The average molecular weight is 296 g/mol. The van der Waals surface area contributed by atoms with Crippen LogP contribution in [0.5, 0.6) is 0 Å². The van der Waals surface area contributed by atoms with Crippen LogP contribution in [-0.4, -0.2) is 26.1 Å². The van der Waals surface area contributed by atoms with Crippen LogP contribution in [0.1, 0.15) is 34.1 Å². The molecule has 110 valence electrons. The number of rotatable bonds is 6. The van der Waals surface area contributed by atoms with Gasteiger partial charge in [-0.25, -0.2) is 4.98 Å². The Bertz CT molecular complexity index is 576. The lowest BCUT2D eigenvalue weighted by atomic mass is 10.1. The monoisotopic (exact) mass is 295 g/mol. The zero-order valence-electron chi connectivity index (χ0n) is 12.5. The Balaban J connectivity index is 2.34. The highest BCUT2D eigenvalue weighted by Gasteiger charge is 2.13. The van der Waals surface area contributed by atoms with Gasteiger partial charge < -0.3 is 9.88 Å². The van der Waals surface area contributed by atoms with Crippen molar-refractivity contribution in [2.75, 3.05) is 11.9 Å². The Morgan fingerprint density at radius 3 is 2.60 bits per heavy atom. The van der Waals surface area contributed by atoms with Crippen LogP contribution in [0.15, 0.2) is 6.33 Å². The molecule has 0 saturated carbocycles. The van der Waals surface area contributed by atoms with Crippen molar-refractivity contribution in [1.82, 2.24) is 19.5 Å². The number of hydrogen-bond acceptors (Lipinski definition) is 4. The van der Waals surface area contributed by atoms with Crippen LogP contribution in [0.3, 0.4) is 0 Å². The van der Waals surface area contributed by atoms with E-state index in [0.29, 0.717) is 17.5 Å². The molecule has 0 aliphatic rings. The molecule has 0 aliphatic carbocycles. The molecule has 0 fully saturated rings. The molecule has 0 spiro atoms. The second kappa shape index (κ2) is 6.39. The first kappa shape index (κ1) is 15.0. The molecule has 1 N–H and O–H groups in total. The van der Waals surface area contributed by atoms with E-state index in [2.05, 4.69) is 52.5 Å². The van der Waals surface area contributed by atoms with Gasteiger partial charge in [0.1, 0.15) is 5.52 Å². The number of nitrogens with one attached hydrogen (secondary N) is 1. The molecule has 0 unspecified atom stereocenters. The number of halogens is 1. The number of nitrogens with zero attached hydrogens (tertiary/aromatic N) is 4. The number of hydrogen-bond donors (Lipinski definition) is 1. The summed E-state index contributed by atoms with van der Waals surface area (Å²) in [6.07, 6.45) is 2.91. The molecule has 6 heteroatoms. The van der Waals surface area contributed by atoms with Gasteiger partial charge in [0, 0.05) is 13.1 Å². The third-order valence-electron chi connectivity index (χ3n) is 3.07. The van der Waals surface area contributed by atoms with Gasteiger partial charge in [-0.05, 0) is 29.9 Å². The summed E-state index contributed by atoms with van der Waals surface area (Å²) in [5.74, 6) is 1.95. The Morgan fingerprint density at radius 2 is 1.95 bits per heavy atom. The summed E-state index contributed by atoms with van der Waals surface area (Å²) in [5, 5.41) is 3.58. The van der Waals surface area contributed by atoms with E-state index in [-0.39, 0.29) is 5.28 Å². The zero-order chi connectivity index (χ0) is 14.7. The van der Waals surface area contributed by atoms with Crippen molar-refractivity contribution in [1.29, 1.82) is 0 Å². The molecule has 2 aromatic rings. The maximum atomic E-state index is 5.96. The van der Waals surface area contributed by atoms with Crippen molar-refractivity contribution in [2.45, 2.75) is 40.7 Å². The van der Waals surface area contributed by atoms with Gasteiger partial charge in [0.2, 0.25) is 5.28 Å². The van der Waals surface area contributed by atoms with Gasteiger partial charge in [0.15, 0.2) is 11.5 Å². The van der Waals surface area contributed by atoms with E-state index in [1.165, 1.54) is 0 Å². The minimum Gasteiger partial charge on any atom is -0.368 e. The van der Waals surface area contributed by atoms with Crippen LogP contribution >= 0.6 is 11.6 Å². The third kappa shape index (κ3) is 3.60. The molecule has 2 aromatic heterocycles. The van der Waals surface area contributed by atoms with E-state index in [1.807, 2.05) is 6.33 Å². The number of aryl methyl sites for hydroxylation is 1. The first-order valence-electron chi connectivity index (χ1n) is 7.09. The van der Waals surface area contributed by atoms with E-state index < -0.39 is 0 Å². The maximum absolute atomic E-state index is 5.96. The minimum atomic E-state index is 0.234. The fraction of sp³-hybridized carbons (Fsp3) is 0.643. The quantitative estimate of drug-likeness (QED) is 0.827. The lowest BCUT2D eigenvalue weighted by Gasteiger charge is -2.12. The minimum absolute atomic E-state index is 0.234. The molecule has 0 saturated heterocycles. The van der Waals surface area contributed by atoms with Gasteiger partial charge in [0.05, 0.1) is 6.33 Å². The molecular formula is C14H22ClN5. The second-order valence-electron chi connectivity index (χ2n) is 5.91. The lowest BCUT2D eigenvalue weighted by Crippen LogP contribution is -2.11. The van der Waals surface area contributed by atoms with E-state index in [0.717, 1.165) is 30.8 Å². The molecule has 0 aromatic carbocycles. The first-order chi connectivity index (χ1) is 9.47. The molecule has 0 bridgehead atoms. The van der Waals surface area contributed by atoms with Crippen molar-refractivity contribution < 1.29 is 0 Å². The molecule has 5 nitrogen and oxygen atoms in total. The summed E-state index contributed by atoms with van der Waals surface area (Å²) in [4.78, 5) is 12.8. The van der Waals surface area contributed by atoms with Gasteiger partial charge in [-0.2, -0.15) is 9.97 Å². The number of imidazole rings is 1. The summed E-state index contributed by atoms with van der Waals surface area (Å²) in [6.45, 7) is 10.5. The summed E-state index contributed by atoms with van der Waals surface area (Å²) >= 11 is 5.96. The van der Waals surface area contributed by atoms with Crippen LogP contribution in [0.4, 0.5) is 5.82 Å². The van der Waals surface area contributed by atoms with Crippen LogP contribution < -0.4 is 5.32 Å². The standard InChI is InChI=1S/C14H22ClN5/c1-9(2)5-6-20-8-17-13-11(20)12(16-7-10(3)4)18-14(15)19-13/h8-10H,5-7H2,1-4H3,(H,16,18,19). The van der Waals surface area contributed by atoms with Crippen LogP contribution in [-0.2, 0) is 6.54 Å². The van der Waals surface area contributed by atoms with E-state index in [1.54, 1.807) is 0 Å². The summed E-state index contributed by atoms with van der Waals surface area (Å²) in [5.41, 5.74) is 1.59.